The number of likely N-dealkylation sites (tertiary alicyclic amines) is 1. The van der Waals surface area contributed by atoms with Gasteiger partial charge >= 0.3 is 0 Å². The predicted molar refractivity (Wildman–Crippen MR) is 104 cm³/mol. The van der Waals surface area contributed by atoms with Gasteiger partial charge in [0, 0.05) is 49.9 Å². The summed E-state index contributed by atoms with van der Waals surface area (Å²) < 4.78 is 1.16. The first kappa shape index (κ1) is 17.3. The molecule has 0 bridgehead atoms. The second-order valence-electron chi connectivity index (χ2n) is 5.82. The third-order valence-corrected chi connectivity index (χ3v) is 6.26. The van der Waals surface area contributed by atoms with Crippen LogP contribution in [0.2, 0.25) is 0 Å². The Morgan fingerprint density at radius 3 is 3.04 bits per heavy atom. The van der Waals surface area contributed by atoms with Crippen molar-refractivity contribution in [1.82, 2.24) is 15.2 Å². The topological polar surface area (TPSA) is 40.5 Å². The second-order valence-corrected chi connectivity index (χ2v) is 8.05. The van der Waals surface area contributed by atoms with E-state index in [1.54, 1.807) is 11.3 Å². The summed E-state index contributed by atoms with van der Waals surface area (Å²) in [6.07, 6.45) is 4.17. The van der Waals surface area contributed by atoms with Crippen LogP contribution >= 0.6 is 23.1 Å². The highest BCUT2D eigenvalue weighted by Crippen LogP contribution is 2.26. The predicted octanol–water partition coefficient (Wildman–Crippen LogP) is 3.69. The van der Waals surface area contributed by atoms with E-state index in [4.69, 9.17) is 0 Å². The van der Waals surface area contributed by atoms with Gasteiger partial charge in [0.1, 0.15) is 4.34 Å². The first-order valence-electron chi connectivity index (χ1n) is 8.39. The maximum Gasteiger partial charge on any atom is 0.193 e. The van der Waals surface area contributed by atoms with E-state index in [0.717, 1.165) is 42.1 Å². The molecule has 1 aromatic heterocycles. The standard InChI is InChI=1S/C18H24N4S2/c1-19-17(20-9-5-12-23-18-21-10-13-24-18)22-11-8-16(14-22)15-6-3-2-4-7-15/h2-4,6-7,10,13,16H,5,8-9,11-12,14H2,1H3,(H,19,20). The number of nitrogens with one attached hydrogen (secondary N) is 1. The molecule has 1 aliphatic heterocycles. The molecule has 1 atom stereocenters. The summed E-state index contributed by atoms with van der Waals surface area (Å²) in [6, 6.07) is 10.8. The van der Waals surface area contributed by atoms with Gasteiger partial charge in [-0.25, -0.2) is 4.98 Å². The van der Waals surface area contributed by atoms with Gasteiger partial charge in [0.2, 0.25) is 0 Å². The maximum absolute atomic E-state index is 4.46. The zero-order chi connectivity index (χ0) is 16.6. The lowest BCUT2D eigenvalue weighted by Crippen LogP contribution is -2.40. The van der Waals surface area contributed by atoms with Gasteiger partial charge in [0.25, 0.3) is 0 Å². The summed E-state index contributed by atoms with van der Waals surface area (Å²) in [7, 11) is 1.88. The summed E-state index contributed by atoms with van der Waals surface area (Å²) in [4.78, 5) is 11.1. The number of nitrogens with zero attached hydrogens (tertiary/aromatic N) is 3. The molecule has 0 aliphatic carbocycles. The van der Waals surface area contributed by atoms with E-state index in [1.807, 2.05) is 30.4 Å². The van der Waals surface area contributed by atoms with Gasteiger partial charge < -0.3 is 10.2 Å². The molecule has 4 nitrogen and oxygen atoms in total. The van der Waals surface area contributed by atoms with Gasteiger partial charge in [0.05, 0.1) is 0 Å². The number of thiazole rings is 1. The zero-order valence-corrected chi connectivity index (χ0v) is 15.7. The van der Waals surface area contributed by atoms with E-state index >= 15 is 0 Å². The van der Waals surface area contributed by atoms with Crippen LogP contribution in [-0.2, 0) is 0 Å². The number of guanidine groups is 1. The van der Waals surface area contributed by atoms with Crippen molar-refractivity contribution in [2.75, 3.05) is 32.4 Å². The van der Waals surface area contributed by atoms with Crippen LogP contribution in [0.15, 0.2) is 51.2 Å². The first-order chi connectivity index (χ1) is 11.9. The summed E-state index contributed by atoms with van der Waals surface area (Å²) >= 11 is 3.54. The van der Waals surface area contributed by atoms with E-state index < -0.39 is 0 Å². The molecule has 1 saturated heterocycles. The molecule has 6 heteroatoms. The molecule has 0 spiro atoms. The Kier molecular flexibility index (Phi) is 6.55. The molecule has 1 N–H and O–H groups in total. The van der Waals surface area contributed by atoms with Crippen LogP contribution in [0.5, 0.6) is 0 Å². The SMILES string of the molecule is CN=C(NCCCSc1nccs1)N1CCC(c2ccccc2)C1. The van der Waals surface area contributed by atoms with E-state index in [9.17, 15) is 0 Å². The Labute approximate surface area is 152 Å². The molecule has 128 valence electrons. The summed E-state index contributed by atoms with van der Waals surface area (Å²) in [5, 5.41) is 5.54. The summed E-state index contributed by atoms with van der Waals surface area (Å²) in [5.41, 5.74) is 1.44. The molecule has 0 amide bonds. The van der Waals surface area contributed by atoms with Crippen LogP contribution in [0.1, 0.15) is 24.3 Å². The van der Waals surface area contributed by atoms with Crippen molar-refractivity contribution in [3.05, 3.63) is 47.5 Å². The van der Waals surface area contributed by atoms with Crippen molar-refractivity contribution >= 4 is 29.1 Å². The second kappa shape index (κ2) is 9.08. The van der Waals surface area contributed by atoms with E-state index in [1.165, 1.54) is 12.0 Å². The van der Waals surface area contributed by atoms with Gasteiger partial charge in [-0.05, 0) is 18.4 Å². The molecule has 0 saturated carbocycles. The Bertz CT molecular complexity index is 628. The largest absolute Gasteiger partial charge is 0.356 e. The highest BCUT2D eigenvalue weighted by Gasteiger charge is 2.25. The maximum atomic E-state index is 4.46. The van der Waals surface area contributed by atoms with Crippen LogP contribution in [0.3, 0.4) is 0 Å². The Balaban J connectivity index is 1.40. The number of hydrogen-bond acceptors (Lipinski definition) is 4. The fraction of sp³-hybridized carbons (Fsp3) is 0.444. The van der Waals surface area contributed by atoms with Gasteiger partial charge in [-0.2, -0.15) is 0 Å². The van der Waals surface area contributed by atoms with Crippen molar-refractivity contribution in [3.63, 3.8) is 0 Å². The molecular weight excluding hydrogens is 336 g/mol. The van der Waals surface area contributed by atoms with Crippen LogP contribution in [0.25, 0.3) is 0 Å². The molecule has 1 fully saturated rings. The Morgan fingerprint density at radius 2 is 2.29 bits per heavy atom. The van der Waals surface area contributed by atoms with Gasteiger partial charge in [-0.15, -0.1) is 11.3 Å². The Morgan fingerprint density at radius 1 is 1.42 bits per heavy atom. The van der Waals surface area contributed by atoms with Gasteiger partial charge in [-0.1, -0.05) is 42.1 Å². The van der Waals surface area contributed by atoms with E-state index in [0.29, 0.717) is 5.92 Å². The monoisotopic (exact) mass is 360 g/mol. The fourth-order valence-electron chi connectivity index (χ4n) is 3.00. The van der Waals surface area contributed by atoms with Crippen molar-refractivity contribution in [1.29, 1.82) is 0 Å². The van der Waals surface area contributed by atoms with Crippen molar-refractivity contribution in [2.24, 2.45) is 4.99 Å². The van der Waals surface area contributed by atoms with Crippen LogP contribution < -0.4 is 5.32 Å². The minimum Gasteiger partial charge on any atom is -0.356 e. The zero-order valence-electron chi connectivity index (χ0n) is 14.0. The average molecular weight is 361 g/mol. The fourth-order valence-corrected chi connectivity index (χ4v) is 4.64. The van der Waals surface area contributed by atoms with E-state index in [2.05, 4.69) is 50.5 Å². The van der Waals surface area contributed by atoms with Crippen LogP contribution in [-0.4, -0.2) is 48.3 Å². The quantitative estimate of drug-likeness (QED) is 0.369. The number of aromatic nitrogens is 1. The highest BCUT2D eigenvalue weighted by molar-refractivity contribution is 8.00. The molecule has 3 rings (SSSR count). The number of rotatable bonds is 6. The minimum absolute atomic E-state index is 0.616. The number of thioether (sulfide) groups is 1. The molecular formula is C18H24N4S2. The number of aliphatic imine (C=N–C) groups is 1. The first-order valence-corrected chi connectivity index (χ1v) is 10.3. The van der Waals surface area contributed by atoms with E-state index in [-0.39, 0.29) is 0 Å². The lowest BCUT2D eigenvalue weighted by molar-refractivity contribution is 0.486. The van der Waals surface area contributed by atoms with Crippen molar-refractivity contribution in [3.8, 4) is 0 Å². The third-order valence-electron chi connectivity index (χ3n) is 4.21. The normalized spacial score (nSPS) is 18.1. The third kappa shape index (κ3) is 4.74. The van der Waals surface area contributed by atoms with Gasteiger partial charge in [-0.3, -0.25) is 4.99 Å². The Hall–Kier alpha value is -1.53. The summed E-state index contributed by atoms with van der Waals surface area (Å²) in [6.45, 7) is 3.09. The highest BCUT2D eigenvalue weighted by atomic mass is 32.2. The van der Waals surface area contributed by atoms with Crippen molar-refractivity contribution in [2.45, 2.75) is 23.1 Å². The molecule has 0 radical (unpaired) electrons. The molecule has 24 heavy (non-hydrogen) atoms. The molecule has 1 aliphatic rings. The molecule has 1 aromatic carbocycles. The lowest BCUT2D eigenvalue weighted by atomic mass is 9.99. The minimum atomic E-state index is 0.616. The molecule has 2 aromatic rings. The summed E-state index contributed by atoms with van der Waals surface area (Å²) in [5.74, 6) is 2.74. The molecule has 1 unspecified atom stereocenters. The van der Waals surface area contributed by atoms with Gasteiger partial charge in [0.15, 0.2) is 5.96 Å². The van der Waals surface area contributed by atoms with Crippen LogP contribution in [0, 0.1) is 0 Å². The lowest BCUT2D eigenvalue weighted by Gasteiger charge is -2.21. The van der Waals surface area contributed by atoms with Crippen molar-refractivity contribution < 1.29 is 0 Å². The smallest absolute Gasteiger partial charge is 0.193 e. The van der Waals surface area contributed by atoms with Crippen LogP contribution in [0.4, 0.5) is 0 Å². The number of hydrogen-bond donors (Lipinski definition) is 1. The molecule has 2 heterocycles. The average Bonchev–Trinajstić information content (AvgIpc) is 3.31. The number of benzene rings is 1.